The van der Waals surface area contributed by atoms with Crippen molar-refractivity contribution in [3.63, 3.8) is 0 Å². The Morgan fingerprint density at radius 3 is 2.59 bits per heavy atom. The van der Waals surface area contributed by atoms with Crippen LogP contribution in [0.25, 0.3) is 0 Å². The number of fused-ring (bicyclic) bond motifs is 1. The Morgan fingerprint density at radius 1 is 1.11 bits per heavy atom. The summed E-state index contributed by atoms with van der Waals surface area (Å²) in [7, 11) is 1.78. The minimum atomic E-state index is -0.510. The van der Waals surface area contributed by atoms with Gasteiger partial charge in [-0.05, 0) is 61.6 Å². The topological polar surface area (TPSA) is 55.8 Å². The zero-order valence-corrected chi connectivity index (χ0v) is 15.8. The molecule has 1 aliphatic carbocycles. The summed E-state index contributed by atoms with van der Waals surface area (Å²) in [6.07, 6.45) is 3.01. The van der Waals surface area contributed by atoms with E-state index in [2.05, 4.69) is 12.1 Å². The Labute approximate surface area is 159 Å². The van der Waals surface area contributed by atoms with Gasteiger partial charge in [0, 0.05) is 7.05 Å². The number of carbonyl (C=O) groups excluding carboxylic acids is 2. The van der Waals surface area contributed by atoms with E-state index < -0.39 is 5.97 Å². The Balaban J connectivity index is 1.58. The molecular weight excluding hydrogens is 342 g/mol. The lowest BCUT2D eigenvalue weighted by molar-refractivity contribution is -0.135. The van der Waals surface area contributed by atoms with E-state index in [9.17, 15) is 9.59 Å². The molecule has 0 aromatic heterocycles. The highest BCUT2D eigenvalue weighted by Crippen LogP contribution is 2.33. The summed E-state index contributed by atoms with van der Waals surface area (Å²) < 4.78 is 10.6. The van der Waals surface area contributed by atoms with Gasteiger partial charge in [0.05, 0.1) is 18.2 Å². The van der Waals surface area contributed by atoms with Crippen molar-refractivity contribution >= 4 is 11.9 Å². The van der Waals surface area contributed by atoms with E-state index in [0.29, 0.717) is 17.9 Å². The Hall–Kier alpha value is -2.82. The van der Waals surface area contributed by atoms with E-state index in [1.165, 1.54) is 11.1 Å². The molecule has 0 radical (unpaired) electrons. The summed E-state index contributed by atoms with van der Waals surface area (Å²) in [5, 5.41) is 0. The van der Waals surface area contributed by atoms with Crippen molar-refractivity contribution in [3.05, 3.63) is 65.2 Å². The number of rotatable bonds is 6. The van der Waals surface area contributed by atoms with Crippen LogP contribution in [0.4, 0.5) is 0 Å². The van der Waals surface area contributed by atoms with Crippen LogP contribution in [-0.2, 0) is 16.0 Å². The van der Waals surface area contributed by atoms with Gasteiger partial charge in [0.15, 0.2) is 6.61 Å². The number of likely N-dealkylation sites (N-methyl/N-ethyl adjacent to an activating group) is 1. The monoisotopic (exact) mass is 367 g/mol. The van der Waals surface area contributed by atoms with Gasteiger partial charge in [-0.2, -0.15) is 0 Å². The molecule has 5 heteroatoms. The van der Waals surface area contributed by atoms with Gasteiger partial charge in [-0.3, -0.25) is 4.79 Å². The first-order chi connectivity index (χ1) is 13.1. The second kappa shape index (κ2) is 8.71. The lowest BCUT2D eigenvalue weighted by Crippen LogP contribution is -2.36. The van der Waals surface area contributed by atoms with E-state index in [1.807, 2.05) is 19.1 Å². The van der Waals surface area contributed by atoms with Crippen LogP contribution in [0.3, 0.4) is 0 Å². The molecule has 27 heavy (non-hydrogen) atoms. The molecule has 2 aromatic rings. The molecule has 3 rings (SSSR count). The van der Waals surface area contributed by atoms with Crippen molar-refractivity contribution in [2.75, 3.05) is 20.3 Å². The predicted molar refractivity (Wildman–Crippen MR) is 103 cm³/mol. The minimum Gasteiger partial charge on any atom is -0.494 e. The van der Waals surface area contributed by atoms with Gasteiger partial charge < -0.3 is 14.4 Å². The highest BCUT2D eigenvalue weighted by molar-refractivity contribution is 5.91. The molecule has 0 fully saturated rings. The molecule has 0 spiro atoms. The van der Waals surface area contributed by atoms with Crippen LogP contribution in [0.15, 0.2) is 48.5 Å². The molecule has 0 saturated heterocycles. The molecule has 0 aliphatic heterocycles. The number of aryl methyl sites for hydroxylation is 1. The molecule has 142 valence electrons. The summed E-state index contributed by atoms with van der Waals surface area (Å²) in [4.78, 5) is 26.4. The first-order valence-electron chi connectivity index (χ1n) is 9.33. The van der Waals surface area contributed by atoms with Gasteiger partial charge >= 0.3 is 5.97 Å². The van der Waals surface area contributed by atoms with E-state index in [0.717, 1.165) is 19.3 Å². The smallest absolute Gasteiger partial charge is 0.338 e. The molecule has 1 aliphatic rings. The maximum atomic E-state index is 12.6. The van der Waals surface area contributed by atoms with Gasteiger partial charge in [-0.25, -0.2) is 4.79 Å². The predicted octanol–water partition coefficient (Wildman–Crippen LogP) is 3.78. The molecule has 5 nitrogen and oxygen atoms in total. The van der Waals surface area contributed by atoms with Gasteiger partial charge in [-0.1, -0.05) is 24.3 Å². The fraction of sp³-hybridized carbons (Fsp3) is 0.364. The van der Waals surface area contributed by atoms with Crippen LogP contribution in [0, 0.1) is 0 Å². The lowest BCUT2D eigenvalue weighted by Gasteiger charge is -2.33. The van der Waals surface area contributed by atoms with Crippen molar-refractivity contribution in [3.8, 4) is 5.75 Å². The Kier molecular flexibility index (Phi) is 6.12. The fourth-order valence-electron chi connectivity index (χ4n) is 3.47. The highest BCUT2D eigenvalue weighted by Gasteiger charge is 2.27. The summed E-state index contributed by atoms with van der Waals surface area (Å²) in [5.41, 5.74) is 2.88. The standard InChI is InChI=1S/C22H25NO4/c1-3-26-18-13-11-17(12-14-18)22(25)27-15-21(24)23(2)20-10-6-8-16-7-4-5-9-19(16)20/h4-5,7,9,11-14,20H,3,6,8,10,15H2,1-2H3. The summed E-state index contributed by atoms with van der Waals surface area (Å²) >= 11 is 0. The maximum Gasteiger partial charge on any atom is 0.338 e. The number of hydrogen-bond donors (Lipinski definition) is 0. The number of nitrogens with zero attached hydrogens (tertiary/aromatic N) is 1. The van der Waals surface area contributed by atoms with Gasteiger partial charge in [-0.15, -0.1) is 0 Å². The van der Waals surface area contributed by atoms with Gasteiger partial charge in [0.25, 0.3) is 5.91 Å². The van der Waals surface area contributed by atoms with Crippen LogP contribution in [0.1, 0.15) is 47.3 Å². The normalized spacial score (nSPS) is 15.6. The van der Waals surface area contributed by atoms with E-state index in [-0.39, 0.29) is 18.6 Å². The average Bonchev–Trinajstić information content (AvgIpc) is 2.71. The number of amides is 1. The molecule has 1 unspecified atom stereocenters. The third-order valence-corrected chi connectivity index (χ3v) is 4.93. The van der Waals surface area contributed by atoms with Crippen molar-refractivity contribution in [1.82, 2.24) is 4.90 Å². The quantitative estimate of drug-likeness (QED) is 0.729. The van der Waals surface area contributed by atoms with Gasteiger partial charge in [0.1, 0.15) is 5.75 Å². The first kappa shape index (κ1) is 19.0. The van der Waals surface area contributed by atoms with Crippen LogP contribution >= 0.6 is 0 Å². The number of esters is 1. The molecule has 0 saturated carbocycles. The minimum absolute atomic E-state index is 0.0339. The fourth-order valence-corrected chi connectivity index (χ4v) is 3.47. The van der Waals surface area contributed by atoms with Crippen molar-refractivity contribution < 1.29 is 19.1 Å². The second-order valence-electron chi connectivity index (χ2n) is 6.65. The molecule has 0 heterocycles. The number of benzene rings is 2. The van der Waals surface area contributed by atoms with Crippen LogP contribution in [0.2, 0.25) is 0 Å². The Bertz CT molecular complexity index is 800. The number of ether oxygens (including phenoxy) is 2. The maximum absolute atomic E-state index is 12.6. The van der Waals surface area contributed by atoms with Crippen molar-refractivity contribution in [2.45, 2.75) is 32.2 Å². The SMILES string of the molecule is CCOc1ccc(C(=O)OCC(=O)N(C)C2CCCc3ccccc32)cc1. The van der Waals surface area contributed by atoms with Crippen LogP contribution in [-0.4, -0.2) is 37.0 Å². The molecule has 1 atom stereocenters. The van der Waals surface area contributed by atoms with Crippen molar-refractivity contribution in [1.29, 1.82) is 0 Å². The number of hydrogen-bond acceptors (Lipinski definition) is 4. The molecule has 0 bridgehead atoms. The first-order valence-corrected chi connectivity index (χ1v) is 9.33. The summed E-state index contributed by atoms with van der Waals surface area (Å²) in [5.74, 6) is -0.0133. The Morgan fingerprint density at radius 2 is 1.85 bits per heavy atom. The summed E-state index contributed by atoms with van der Waals surface area (Å²) in [6.45, 7) is 2.20. The molecule has 0 N–H and O–H groups in total. The van der Waals surface area contributed by atoms with Gasteiger partial charge in [0.2, 0.25) is 0 Å². The zero-order valence-electron chi connectivity index (χ0n) is 15.8. The van der Waals surface area contributed by atoms with E-state index in [4.69, 9.17) is 9.47 Å². The molecular formula is C22H25NO4. The molecule has 2 aromatic carbocycles. The lowest BCUT2D eigenvalue weighted by atomic mass is 9.87. The largest absolute Gasteiger partial charge is 0.494 e. The van der Waals surface area contributed by atoms with E-state index >= 15 is 0 Å². The second-order valence-corrected chi connectivity index (χ2v) is 6.65. The van der Waals surface area contributed by atoms with Crippen molar-refractivity contribution in [2.24, 2.45) is 0 Å². The van der Waals surface area contributed by atoms with Crippen LogP contribution in [0.5, 0.6) is 5.75 Å². The average molecular weight is 367 g/mol. The number of carbonyl (C=O) groups is 2. The summed E-state index contributed by atoms with van der Waals surface area (Å²) in [6, 6.07) is 15.0. The third-order valence-electron chi connectivity index (χ3n) is 4.93. The zero-order chi connectivity index (χ0) is 19.2. The van der Waals surface area contributed by atoms with E-state index in [1.54, 1.807) is 36.2 Å². The highest BCUT2D eigenvalue weighted by atomic mass is 16.5. The third kappa shape index (κ3) is 4.48. The molecule has 1 amide bonds. The van der Waals surface area contributed by atoms with Crippen LogP contribution < -0.4 is 4.74 Å².